The van der Waals surface area contributed by atoms with Gasteiger partial charge in [0, 0.05) is 16.1 Å². The van der Waals surface area contributed by atoms with Gasteiger partial charge in [0.25, 0.3) is 0 Å². The van der Waals surface area contributed by atoms with Crippen molar-refractivity contribution in [3.63, 3.8) is 0 Å². The van der Waals surface area contributed by atoms with Crippen LogP contribution in [0.15, 0.2) is 115 Å². The van der Waals surface area contributed by atoms with Gasteiger partial charge in [-0.1, -0.05) is 103 Å². The Morgan fingerprint density at radius 1 is 0.485 bits per heavy atom. The third kappa shape index (κ3) is 2.43. The second-order valence-electron chi connectivity index (χ2n) is 8.62. The van der Waals surface area contributed by atoms with Crippen LogP contribution < -0.4 is 4.74 Å². The van der Waals surface area contributed by atoms with E-state index in [0.29, 0.717) is 0 Å². The molecule has 0 aromatic heterocycles. The average molecular weight is 443 g/mol. The lowest BCUT2D eigenvalue weighted by Gasteiger charge is -2.39. The highest BCUT2D eigenvalue weighted by atomic mass is 35.5. The first-order valence-corrected chi connectivity index (χ1v) is 11.5. The molecule has 33 heavy (non-hydrogen) atoms. The van der Waals surface area contributed by atoms with E-state index in [0.717, 1.165) is 22.1 Å². The molecule has 5 aromatic carbocycles. The van der Waals surface area contributed by atoms with Gasteiger partial charge in [-0.3, -0.25) is 0 Å². The lowest BCUT2D eigenvalue weighted by atomic mass is 9.66. The topological polar surface area (TPSA) is 9.23 Å². The number of fused-ring (bicyclic) bond motifs is 9. The maximum atomic E-state index is 6.41. The number of halogens is 1. The second-order valence-corrected chi connectivity index (χ2v) is 9.06. The molecule has 0 amide bonds. The number of rotatable bonds is 1. The fourth-order valence-electron chi connectivity index (χ4n) is 5.77. The van der Waals surface area contributed by atoms with Gasteiger partial charge >= 0.3 is 0 Å². The minimum Gasteiger partial charge on any atom is -0.457 e. The molecule has 0 N–H and O–H groups in total. The maximum Gasteiger partial charge on any atom is 0.132 e. The molecule has 0 radical (unpaired) electrons. The third-order valence-electron chi connectivity index (χ3n) is 7.03. The first kappa shape index (κ1) is 18.7. The van der Waals surface area contributed by atoms with Gasteiger partial charge in [0.05, 0.1) is 5.41 Å². The summed E-state index contributed by atoms with van der Waals surface area (Å²) in [6, 6.07) is 40.6. The number of benzene rings is 5. The molecular formula is C31H19ClO. The van der Waals surface area contributed by atoms with Crippen LogP contribution in [0.5, 0.6) is 11.5 Å². The van der Waals surface area contributed by atoms with Crippen molar-refractivity contribution >= 4 is 11.6 Å². The van der Waals surface area contributed by atoms with E-state index < -0.39 is 5.41 Å². The summed E-state index contributed by atoms with van der Waals surface area (Å²) in [7, 11) is 0. The number of ether oxygens (including phenoxy) is 1. The Kier molecular flexibility index (Phi) is 3.88. The summed E-state index contributed by atoms with van der Waals surface area (Å²) < 4.78 is 6.41. The summed E-state index contributed by atoms with van der Waals surface area (Å²) >= 11 is 6.21. The molecule has 7 rings (SSSR count). The zero-order chi connectivity index (χ0) is 22.0. The van der Waals surface area contributed by atoms with E-state index in [9.17, 15) is 0 Å². The normalized spacial score (nSPS) is 14.1. The molecule has 2 heteroatoms. The predicted octanol–water partition coefficient (Wildman–Crippen LogP) is 8.48. The van der Waals surface area contributed by atoms with Crippen LogP contribution in [-0.2, 0) is 5.41 Å². The van der Waals surface area contributed by atoms with Gasteiger partial charge in [-0.15, -0.1) is 0 Å². The SMILES string of the molecule is Clc1ccc(-c2cccc3c2-c2ccccc2C32c3ccccc3Oc3ccccc32)cc1. The van der Waals surface area contributed by atoms with Gasteiger partial charge in [-0.05, 0) is 57.6 Å². The summed E-state index contributed by atoms with van der Waals surface area (Å²) in [6.45, 7) is 0. The highest BCUT2D eigenvalue weighted by Gasteiger charge is 2.51. The smallest absolute Gasteiger partial charge is 0.132 e. The number of hydrogen-bond acceptors (Lipinski definition) is 1. The van der Waals surface area contributed by atoms with Crippen LogP contribution in [0.3, 0.4) is 0 Å². The molecule has 1 spiro atoms. The number of hydrogen-bond donors (Lipinski definition) is 0. The van der Waals surface area contributed by atoms with Crippen molar-refractivity contribution in [2.45, 2.75) is 5.41 Å². The number of para-hydroxylation sites is 2. The van der Waals surface area contributed by atoms with E-state index in [1.54, 1.807) is 0 Å². The van der Waals surface area contributed by atoms with Gasteiger partial charge in [-0.2, -0.15) is 0 Å². The Morgan fingerprint density at radius 3 is 1.73 bits per heavy atom. The van der Waals surface area contributed by atoms with Gasteiger partial charge < -0.3 is 4.74 Å². The van der Waals surface area contributed by atoms with Crippen LogP contribution in [0, 0.1) is 0 Å². The van der Waals surface area contributed by atoms with Crippen molar-refractivity contribution in [1.29, 1.82) is 0 Å². The molecule has 1 aliphatic carbocycles. The van der Waals surface area contributed by atoms with E-state index in [-0.39, 0.29) is 0 Å². The van der Waals surface area contributed by atoms with Gasteiger partial charge in [0.1, 0.15) is 11.5 Å². The molecule has 5 aromatic rings. The van der Waals surface area contributed by atoms with Crippen LogP contribution in [0.1, 0.15) is 22.3 Å². The van der Waals surface area contributed by atoms with Gasteiger partial charge in [-0.25, -0.2) is 0 Å². The minimum absolute atomic E-state index is 0.431. The van der Waals surface area contributed by atoms with Crippen molar-refractivity contribution < 1.29 is 4.74 Å². The molecule has 0 unspecified atom stereocenters. The Balaban J connectivity index is 1.66. The summed E-state index contributed by atoms with van der Waals surface area (Å²) in [5.74, 6) is 1.83. The molecule has 0 saturated carbocycles. The zero-order valence-electron chi connectivity index (χ0n) is 17.8. The molecule has 156 valence electrons. The third-order valence-corrected chi connectivity index (χ3v) is 7.28. The standard InChI is InChI=1S/C31H19ClO/c32-21-18-16-20(17-19-21)22-9-7-13-27-30(22)23-8-1-2-10-24(23)31(27)25-11-3-5-14-28(25)33-29-15-6-4-12-26(29)31/h1-19H. The van der Waals surface area contributed by atoms with E-state index in [4.69, 9.17) is 16.3 Å². The van der Waals surface area contributed by atoms with Crippen LogP contribution >= 0.6 is 11.6 Å². The van der Waals surface area contributed by atoms with Crippen molar-refractivity contribution in [3.05, 3.63) is 143 Å². The van der Waals surface area contributed by atoms with Crippen molar-refractivity contribution in [3.8, 4) is 33.8 Å². The minimum atomic E-state index is -0.431. The largest absolute Gasteiger partial charge is 0.457 e. The van der Waals surface area contributed by atoms with Gasteiger partial charge in [0.2, 0.25) is 0 Å². The van der Waals surface area contributed by atoms with Crippen LogP contribution in [-0.4, -0.2) is 0 Å². The summed E-state index contributed by atoms with van der Waals surface area (Å²) in [4.78, 5) is 0. The first-order chi connectivity index (χ1) is 16.3. The molecule has 2 aliphatic rings. The van der Waals surface area contributed by atoms with Crippen molar-refractivity contribution in [2.75, 3.05) is 0 Å². The van der Waals surface area contributed by atoms with E-state index in [2.05, 4.69) is 91.0 Å². The molecule has 0 saturated heterocycles. The quantitative estimate of drug-likeness (QED) is 0.247. The fraction of sp³-hybridized carbons (Fsp3) is 0.0323. The molecule has 1 heterocycles. The first-order valence-electron chi connectivity index (χ1n) is 11.1. The average Bonchev–Trinajstić information content (AvgIpc) is 3.16. The second kappa shape index (κ2) is 6.84. The predicted molar refractivity (Wildman–Crippen MR) is 134 cm³/mol. The van der Waals surface area contributed by atoms with E-state index >= 15 is 0 Å². The molecule has 1 aliphatic heterocycles. The Labute approximate surface area is 197 Å². The molecular weight excluding hydrogens is 424 g/mol. The lowest BCUT2D eigenvalue weighted by molar-refractivity contribution is 0.436. The van der Waals surface area contributed by atoms with Gasteiger partial charge in [0.15, 0.2) is 0 Å². The van der Waals surface area contributed by atoms with Crippen LogP contribution in [0.4, 0.5) is 0 Å². The van der Waals surface area contributed by atoms with E-state index in [1.807, 2.05) is 24.3 Å². The Hall–Kier alpha value is -3.81. The Bertz CT molecular complexity index is 1500. The molecule has 0 atom stereocenters. The Morgan fingerprint density at radius 2 is 1.03 bits per heavy atom. The summed E-state index contributed by atoms with van der Waals surface area (Å²) in [5.41, 5.74) is 9.45. The fourth-order valence-corrected chi connectivity index (χ4v) is 5.90. The summed E-state index contributed by atoms with van der Waals surface area (Å²) in [5, 5.41) is 0.746. The van der Waals surface area contributed by atoms with Crippen LogP contribution in [0.25, 0.3) is 22.3 Å². The molecule has 0 fully saturated rings. The monoisotopic (exact) mass is 442 g/mol. The van der Waals surface area contributed by atoms with E-state index in [1.165, 1.54) is 38.9 Å². The maximum absolute atomic E-state index is 6.41. The van der Waals surface area contributed by atoms with Crippen molar-refractivity contribution in [2.24, 2.45) is 0 Å². The molecule has 0 bridgehead atoms. The van der Waals surface area contributed by atoms with Crippen molar-refractivity contribution in [1.82, 2.24) is 0 Å². The zero-order valence-corrected chi connectivity index (χ0v) is 18.5. The summed E-state index contributed by atoms with van der Waals surface area (Å²) in [6.07, 6.45) is 0. The lowest BCUT2D eigenvalue weighted by Crippen LogP contribution is -2.32. The highest BCUT2D eigenvalue weighted by molar-refractivity contribution is 6.30. The van der Waals surface area contributed by atoms with Crippen LogP contribution in [0.2, 0.25) is 5.02 Å². The molecule has 1 nitrogen and oxygen atoms in total. The highest BCUT2D eigenvalue weighted by Crippen LogP contribution is 2.63.